The van der Waals surface area contributed by atoms with Crippen molar-refractivity contribution in [2.45, 2.75) is 4.90 Å². The maximum absolute atomic E-state index is 13.3. The van der Waals surface area contributed by atoms with Gasteiger partial charge < -0.3 is 0 Å². The highest BCUT2D eigenvalue weighted by Gasteiger charge is 2.11. The molecular formula is C13H10FNOS. The number of aromatic nitrogens is 1. The van der Waals surface area contributed by atoms with Crippen molar-refractivity contribution in [3.8, 4) is 0 Å². The minimum atomic E-state index is -0.564. The lowest BCUT2D eigenvalue weighted by atomic mass is 10.2. The molecule has 0 saturated carbocycles. The first-order valence-electron chi connectivity index (χ1n) is 5.08. The molecule has 2 aromatic rings. The molecule has 0 unspecified atom stereocenters. The van der Waals surface area contributed by atoms with E-state index in [1.54, 1.807) is 0 Å². The van der Waals surface area contributed by atoms with Crippen LogP contribution in [0.4, 0.5) is 4.39 Å². The van der Waals surface area contributed by atoms with E-state index in [2.05, 4.69) is 4.98 Å². The Hall–Kier alpha value is -1.68. The van der Waals surface area contributed by atoms with Gasteiger partial charge in [0, 0.05) is 11.1 Å². The minimum absolute atomic E-state index is 0.100. The Morgan fingerprint density at radius 2 is 2.00 bits per heavy atom. The van der Waals surface area contributed by atoms with Gasteiger partial charge in [-0.15, -0.1) is 11.8 Å². The molecule has 0 atom stereocenters. The summed E-state index contributed by atoms with van der Waals surface area (Å²) in [5.41, 5.74) is 0.100. The molecule has 0 amide bonds. The lowest BCUT2D eigenvalue weighted by molar-refractivity contribution is 0.101. The van der Waals surface area contributed by atoms with Gasteiger partial charge in [-0.2, -0.15) is 0 Å². The second kappa shape index (κ2) is 5.59. The fourth-order valence-electron chi connectivity index (χ4n) is 1.34. The lowest BCUT2D eigenvalue weighted by Gasteiger charge is -2.02. The van der Waals surface area contributed by atoms with Crippen LogP contribution in [0, 0.1) is 5.82 Å². The fourth-order valence-corrected chi connectivity index (χ4v) is 2.15. The molecule has 17 heavy (non-hydrogen) atoms. The van der Waals surface area contributed by atoms with E-state index in [4.69, 9.17) is 0 Å². The van der Waals surface area contributed by atoms with Gasteiger partial charge in [-0.25, -0.2) is 4.39 Å². The zero-order chi connectivity index (χ0) is 12.1. The van der Waals surface area contributed by atoms with Crippen molar-refractivity contribution in [2.75, 3.05) is 5.75 Å². The molecule has 0 radical (unpaired) electrons. The van der Waals surface area contributed by atoms with Gasteiger partial charge in [-0.05, 0) is 18.2 Å². The van der Waals surface area contributed by atoms with Crippen LogP contribution < -0.4 is 0 Å². The van der Waals surface area contributed by atoms with Gasteiger partial charge in [-0.1, -0.05) is 18.2 Å². The quantitative estimate of drug-likeness (QED) is 0.614. The molecule has 1 aromatic carbocycles. The Kier molecular flexibility index (Phi) is 3.88. The van der Waals surface area contributed by atoms with Gasteiger partial charge in [0.2, 0.25) is 0 Å². The summed E-state index contributed by atoms with van der Waals surface area (Å²) >= 11 is 1.40. The Balaban J connectivity index is 2.01. The van der Waals surface area contributed by atoms with E-state index in [0.29, 0.717) is 0 Å². The molecule has 0 N–H and O–H groups in total. The van der Waals surface area contributed by atoms with Crippen LogP contribution in [-0.2, 0) is 0 Å². The number of hydrogen-bond acceptors (Lipinski definition) is 3. The normalized spacial score (nSPS) is 10.2. The number of Topliss-reactive ketones (excluding diaryl/α,β-unsaturated/α-hetero) is 1. The highest BCUT2D eigenvalue weighted by atomic mass is 32.2. The number of carbonyl (C=O) groups excluding carboxylic acids is 1. The van der Waals surface area contributed by atoms with Crippen molar-refractivity contribution in [3.63, 3.8) is 0 Å². The summed E-state index contributed by atoms with van der Waals surface area (Å²) in [5.74, 6) is -0.560. The van der Waals surface area contributed by atoms with Crippen molar-refractivity contribution >= 4 is 17.5 Å². The smallest absolute Gasteiger partial charge is 0.176 e. The van der Waals surface area contributed by atoms with Crippen LogP contribution >= 0.6 is 11.8 Å². The first-order valence-corrected chi connectivity index (χ1v) is 6.06. The van der Waals surface area contributed by atoms with E-state index in [-0.39, 0.29) is 17.1 Å². The third kappa shape index (κ3) is 3.14. The molecule has 2 nitrogen and oxygen atoms in total. The van der Waals surface area contributed by atoms with Gasteiger partial charge in [0.15, 0.2) is 11.6 Å². The largest absolute Gasteiger partial charge is 0.293 e. The monoisotopic (exact) mass is 247 g/mol. The summed E-state index contributed by atoms with van der Waals surface area (Å²) in [6.07, 6.45) is 2.48. The lowest BCUT2D eigenvalue weighted by Crippen LogP contribution is -2.05. The zero-order valence-corrected chi connectivity index (χ0v) is 9.78. The number of thioether (sulfide) groups is 1. The van der Waals surface area contributed by atoms with Crippen molar-refractivity contribution in [1.29, 1.82) is 0 Å². The average molecular weight is 247 g/mol. The van der Waals surface area contributed by atoms with E-state index in [0.717, 1.165) is 11.1 Å². The zero-order valence-electron chi connectivity index (χ0n) is 8.97. The van der Waals surface area contributed by atoms with Crippen LogP contribution in [0.3, 0.4) is 0 Å². The molecule has 1 aromatic heterocycles. The van der Waals surface area contributed by atoms with Gasteiger partial charge in [-0.3, -0.25) is 9.78 Å². The molecule has 0 aliphatic carbocycles. The Labute approximate surface area is 103 Å². The SMILES string of the molecule is O=C(CSc1ccccc1)c1ccncc1F. The number of hydrogen-bond donors (Lipinski definition) is 0. The van der Waals surface area contributed by atoms with Crippen molar-refractivity contribution in [1.82, 2.24) is 4.98 Å². The maximum atomic E-state index is 13.3. The molecule has 0 fully saturated rings. The number of carbonyl (C=O) groups is 1. The van der Waals surface area contributed by atoms with Crippen LogP contribution in [0.25, 0.3) is 0 Å². The summed E-state index contributed by atoms with van der Waals surface area (Å²) in [6.45, 7) is 0. The maximum Gasteiger partial charge on any atom is 0.176 e. The number of rotatable bonds is 4. The molecule has 0 aliphatic rings. The number of benzene rings is 1. The summed E-state index contributed by atoms with van der Waals surface area (Å²) in [5, 5.41) is 0. The van der Waals surface area contributed by atoms with Gasteiger partial charge >= 0.3 is 0 Å². The molecule has 4 heteroatoms. The van der Waals surface area contributed by atoms with E-state index in [1.807, 2.05) is 30.3 Å². The first kappa shape index (κ1) is 11.8. The predicted molar refractivity (Wildman–Crippen MR) is 65.7 cm³/mol. The number of halogens is 1. The molecule has 0 bridgehead atoms. The molecule has 1 heterocycles. The summed E-state index contributed by atoms with van der Waals surface area (Å²) in [6, 6.07) is 11.0. The summed E-state index contributed by atoms with van der Waals surface area (Å²) in [4.78, 5) is 16.4. The van der Waals surface area contributed by atoms with Gasteiger partial charge in [0.05, 0.1) is 17.5 Å². The number of pyridine rings is 1. The van der Waals surface area contributed by atoms with Gasteiger partial charge in [0.25, 0.3) is 0 Å². The highest BCUT2D eigenvalue weighted by molar-refractivity contribution is 8.00. The average Bonchev–Trinajstić information content (AvgIpc) is 2.38. The van der Waals surface area contributed by atoms with Gasteiger partial charge in [0.1, 0.15) is 0 Å². The van der Waals surface area contributed by atoms with Crippen LogP contribution in [0.15, 0.2) is 53.7 Å². The Morgan fingerprint density at radius 1 is 1.24 bits per heavy atom. The second-order valence-corrected chi connectivity index (χ2v) is 4.43. The fraction of sp³-hybridized carbons (Fsp3) is 0.0769. The van der Waals surface area contributed by atoms with Crippen molar-refractivity contribution in [3.05, 3.63) is 60.2 Å². The van der Waals surface area contributed by atoms with Crippen molar-refractivity contribution < 1.29 is 9.18 Å². The molecule has 2 rings (SSSR count). The summed E-state index contributed by atoms with van der Waals surface area (Å²) in [7, 11) is 0. The highest BCUT2D eigenvalue weighted by Crippen LogP contribution is 2.19. The van der Waals surface area contributed by atoms with E-state index >= 15 is 0 Å². The Morgan fingerprint density at radius 3 is 2.71 bits per heavy atom. The summed E-state index contributed by atoms with van der Waals surface area (Å²) < 4.78 is 13.3. The molecule has 0 aliphatic heterocycles. The van der Waals surface area contributed by atoms with Crippen molar-refractivity contribution in [2.24, 2.45) is 0 Å². The van der Waals surface area contributed by atoms with E-state index in [9.17, 15) is 9.18 Å². The topological polar surface area (TPSA) is 30.0 Å². The minimum Gasteiger partial charge on any atom is -0.293 e. The first-order chi connectivity index (χ1) is 8.27. The molecule has 0 spiro atoms. The molecular weight excluding hydrogens is 237 g/mol. The Bertz CT molecular complexity index is 516. The van der Waals surface area contributed by atoms with Crippen LogP contribution in [0.2, 0.25) is 0 Å². The van der Waals surface area contributed by atoms with E-state index in [1.165, 1.54) is 24.0 Å². The van der Waals surface area contributed by atoms with E-state index < -0.39 is 5.82 Å². The number of nitrogens with zero attached hydrogens (tertiary/aromatic N) is 1. The molecule has 0 saturated heterocycles. The molecule has 86 valence electrons. The third-order valence-corrected chi connectivity index (χ3v) is 3.20. The second-order valence-electron chi connectivity index (χ2n) is 3.38. The third-order valence-electron chi connectivity index (χ3n) is 2.19. The number of ketones is 1. The van der Waals surface area contributed by atoms with Crippen LogP contribution in [-0.4, -0.2) is 16.5 Å². The van der Waals surface area contributed by atoms with Crippen LogP contribution in [0.5, 0.6) is 0 Å². The standard InChI is InChI=1S/C13H10FNOS/c14-12-8-15-7-6-11(12)13(16)9-17-10-4-2-1-3-5-10/h1-8H,9H2. The predicted octanol–water partition coefficient (Wildman–Crippen LogP) is 3.20. The van der Waals surface area contributed by atoms with Crippen LogP contribution in [0.1, 0.15) is 10.4 Å².